The van der Waals surface area contributed by atoms with Gasteiger partial charge in [0, 0.05) is 24.7 Å². The molecule has 0 spiro atoms. The summed E-state index contributed by atoms with van der Waals surface area (Å²) in [5.41, 5.74) is 0.393. The molecule has 0 N–H and O–H groups in total. The molecule has 3 heterocycles. The average Bonchev–Trinajstić information content (AvgIpc) is 2.47. The molecule has 0 aliphatic carbocycles. The van der Waals surface area contributed by atoms with Crippen molar-refractivity contribution in [2.45, 2.75) is 45.3 Å². The highest BCUT2D eigenvalue weighted by Crippen LogP contribution is 2.36. The second-order valence-corrected chi connectivity index (χ2v) is 6.38. The summed E-state index contributed by atoms with van der Waals surface area (Å²) in [6.45, 7) is 10.5. The Labute approximate surface area is 115 Å². The highest BCUT2D eigenvalue weighted by molar-refractivity contribution is 6.62. The summed E-state index contributed by atoms with van der Waals surface area (Å²) in [5.74, 6) is 1.05. The third kappa shape index (κ3) is 2.15. The molecule has 2 aliphatic rings. The van der Waals surface area contributed by atoms with Crippen LogP contribution in [0.15, 0.2) is 18.3 Å². The maximum atomic E-state index is 6.01. The Morgan fingerprint density at radius 2 is 1.74 bits per heavy atom. The molecule has 19 heavy (non-hydrogen) atoms. The minimum atomic E-state index is -0.317. The van der Waals surface area contributed by atoms with E-state index in [0.29, 0.717) is 0 Å². The Morgan fingerprint density at radius 1 is 1.11 bits per heavy atom. The molecule has 0 aromatic carbocycles. The van der Waals surface area contributed by atoms with Crippen LogP contribution in [0.2, 0.25) is 0 Å². The quantitative estimate of drug-likeness (QED) is 0.756. The zero-order valence-corrected chi connectivity index (χ0v) is 12.1. The highest BCUT2D eigenvalue weighted by atomic mass is 16.7. The van der Waals surface area contributed by atoms with E-state index in [-0.39, 0.29) is 18.3 Å². The van der Waals surface area contributed by atoms with Crippen molar-refractivity contribution >= 4 is 18.4 Å². The average molecular weight is 260 g/mol. The van der Waals surface area contributed by atoms with Crippen LogP contribution in [0.3, 0.4) is 0 Å². The van der Waals surface area contributed by atoms with Gasteiger partial charge in [0.05, 0.1) is 11.2 Å². The van der Waals surface area contributed by atoms with Crippen LogP contribution in [-0.2, 0) is 9.31 Å². The van der Waals surface area contributed by atoms with Crippen molar-refractivity contribution in [3.8, 4) is 0 Å². The van der Waals surface area contributed by atoms with Gasteiger partial charge in [-0.1, -0.05) is 6.07 Å². The Hall–Kier alpha value is -1.07. The third-order valence-corrected chi connectivity index (χ3v) is 4.48. The van der Waals surface area contributed by atoms with Crippen LogP contribution in [0.5, 0.6) is 0 Å². The lowest BCUT2D eigenvalue weighted by Crippen LogP contribution is -2.41. The summed E-state index contributed by atoms with van der Waals surface area (Å²) in [6, 6.07) is 4.11. The first-order valence-electron chi connectivity index (χ1n) is 6.96. The van der Waals surface area contributed by atoms with Crippen molar-refractivity contribution in [2.24, 2.45) is 0 Å². The number of nitrogens with zero attached hydrogens (tertiary/aromatic N) is 2. The van der Waals surface area contributed by atoms with E-state index >= 15 is 0 Å². The largest absolute Gasteiger partial charge is 0.496 e. The molecule has 0 bridgehead atoms. The van der Waals surface area contributed by atoms with Crippen molar-refractivity contribution in [2.75, 3.05) is 18.0 Å². The number of hydrogen-bond donors (Lipinski definition) is 0. The molecular weight excluding hydrogens is 239 g/mol. The van der Waals surface area contributed by atoms with Gasteiger partial charge in [-0.2, -0.15) is 0 Å². The molecule has 5 heteroatoms. The van der Waals surface area contributed by atoms with E-state index in [0.717, 1.165) is 24.4 Å². The molecule has 1 aromatic heterocycles. The molecule has 0 saturated carbocycles. The molecule has 0 amide bonds. The lowest BCUT2D eigenvalue weighted by Gasteiger charge is -2.32. The van der Waals surface area contributed by atoms with Crippen LogP contribution >= 0.6 is 0 Å². The second-order valence-electron chi connectivity index (χ2n) is 6.38. The van der Waals surface area contributed by atoms with Crippen molar-refractivity contribution < 1.29 is 9.31 Å². The molecule has 3 rings (SSSR count). The number of anilines is 1. The monoisotopic (exact) mass is 260 g/mol. The van der Waals surface area contributed by atoms with Gasteiger partial charge < -0.3 is 14.2 Å². The number of aromatic nitrogens is 1. The first-order chi connectivity index (χ1) is 8.89. The normalized spacial score (nSPS) is 24.4. The summed E-state index contributed by atoms with van der Waals surface area (Å²) >= 11 is 0. The molecule has 0 atom stereocenters. The molecule has 102 valence electrons. The van der Waals surface area contributed by atoms with Gasteiger partial charge in [-0.15, -0.1) is 0 Å². The van der Waals surface area contributed by atoms with Gasteiger partial charge in [-0.25, -0.2) is 4.98 Å². The SMILES string of the molecule is CC1(C)OB(c2ccc(N3CCC3)nc2)OC1(C)C. The van der Waals surface area contributed by atoms with E-state index < -0.39 is 0 Å². The van der Waals surface area contributed by atoms with Gasteiger partial charge >= 0.3 is 7.12 Å². The van der Waals surface area contributed by atoms with Crippen LogP contribution in [-0.4, -0.2) is 36.4 Å². The predicted molar refractivity (Wildman–Crippen MR) is 76.8 cm³/mol. The molecule has 0 unspecified atom stereocenters. The van der Waals surface area contributed by atoms with Gasteiger partial charge in [0.25, 0.3) is 0 Å². The van der Waals surface area contributed by atoms with Crippen LogP contribution in [0, 0.1) is 0 Å². The first kappa shape index (κ1) is 12.9. The molecular formula is C14H21BN2O2. The second kappa shape index (κ2) is 4.22. The maximum absolute atomic E-state index is 6.01. The number of rotatable bonds is 2. The lowest BCUT2D eigenvalue weighted by atomic mass is 9.80. The summed E-state index contributed by atoms with van der Waals surface area (Å²) < 4.78 is 12.0. The molecule has 0 radical (unpaired) electrons. The van der Waals surface area contributed by atoms with E-state index in [4.69, 9.17) is 9.31 Å². The Kier molecular flexibility index (Phi) is 2.87. The molecule has 2 aliphatic heterocycles. The van der Waals surface area contributed by atoms with Crippen LogP contribution in [0.4, 0.5) is 5.82 Å². The van der Waals surface area contributed by atoms with Crippen molar-refractivity contribution in [3.05, 3.63) is 18.3 Å². The molecule has 1 aromatic rings. The fourth-order valence-corrected chi connectivity index (χ4v) is 2.25. The fourth-order valence-electron chi connectivity index (χ4n) is 2.25. The minimum Gasteiger partial charge on any atom is -0.399 e. The Bertz CT molecular complexity index is 453. The third-order valence-electron chi connectivity index (χ3n) is 4.48. The zero-order valence-electron chi connectivity index (χ0n) is 12.1. The van der Waals surface area contributed by atoms with E-state index in [1.54, 1.807) is 0 Å². The van der Waals surface area contributed by atoms with Gasteiger partial charge in [-0.05, 0) is 40.2 Å². The summed E-state index contributed by atoms with van der Waals surface area (Å²) in [6.07, 6.45) is 3.14. The van der Waals surface area contributed by atoms with Crippen molar-refractivity contribution in [1.29, 1.82) is 0 Å². The predicted octanol–water partition coefficient (Wildman–Crippen LogP) is 1.59. The highest BCUT2D eigenvalue weighted by Gasteiger charge is 2.51. The van der Waals surface area contributed by atoms with E-state index in [1.807, 2.05) is 6.20 Å². The van der Waals surface area contributed by atoms with Gasteiger partial charge in [0.15, 0.2) is 0 Å². The topological polar surface area (TPSA) is 34.6 Å². The zero-order chi connectivity index (χ0) is 13.7. The summed E-state index contributed by atoms with van der Waals surface area (Å²) in [5, 5.41) is 0. The smallest absolute Gasteiger partial charge is 0.399 e. The Morgan fingerprint density at radius 3 is 2.16 bits per heavy atom. The van der Waals surface area contributed by atoms with Gasteiger partial charge in [0.1, 0.15) is 5.82 Å². The Balaban J connectivity index is 1.76. The van der Waals surface area contributed by atoms with Gasteiger partial charge in [-0.3, -0.25) is 0 Å². The minimum absolute atomic E-state index is 0.298. The fraction of sp³-hybridized carbons (Fsp3) is 0.643. The lowest BCUT2D eigenvalue weighted by molar-refractivity contribution is 0.00578. The maximum Gasteiger partial charge on any atom is 0.496 e. The van der Waals surface area contributed by atoms with Gasteiger partial charge in [0.2, 0.25) is 0 Å². The molecule has 4 nitrogen and oxygen atoms in total. The summed E-state index contributed by atoms with van der Waals surface area (Å²) in [4.78, 5) is 6.78. The standard InChI is InChI=1S/C14H21BN2O2/c1-13(2)14(3,4)19-15(18-13)11-6-7-12(16-10-11)17-8-5-9-17/h6-7,10H,5,8-9H2,1-4H3. The molecule has 2 fully saturated rings. The number of pyridine rings is 1. The van der Waals surface area contributed by atoms with Crippen molar-refractivity contribution in [1.82, 2.24) is 4.98 Å². The van der Waals surface area contributed by atoms with E-state index in [9.17, 15) is 0 Å². The summed E-state index contributed by atoms with van der Waals surface area (Å²) in [7, 11) is -0.317. The molecule has 2 saturated heterocycles. The van der Waals surface area contributed by atoms with Crippen molar-refractivity contribution in [3.63, 3.8) is 0 Å². The van der Waals surface area contributed by atoms with Crippen LogP contribution in [0.25, 0.3) is 0 Å². The first-order valence-corrected chi connectivity index (χ1v) is 6.96. The van der Waals surface area contributed by atoms with E-state index in [1.165, 1.54) is 6.42 Å². The van der Waals surface area contributed by atoms with Crippen LogP contribution in [0.1, 0.15) is 34.1 Å². The van der Waals surface area contributed by atoms with E-state index in [2.05, 4.69) is 49.7 Å². The van der Waals surface area contributed by atoms with Crippen LogP contribution < -0.4 is 10.4 Å². The number of hydrogen-bond acceptors (Lipinski definition) is 4.